The zero-order valence-corrected chi connectivity index (χ0v) is 20.2. The van der Waals surface area contributed by atoms with Gasteiger partial charge in [0, 0.05) is 24.6 Å². The Bertz CT molecular complexity index is 1110. The van der Waals surface area contributed by atoms with Gasteiger partial charge in [0.1, 0.15) is 0 Å². The molecule has 1 aliphatic rings. The van der Waals surface area contributed by atoms with E-state index in [9.17, 15) is 9.59 Å². The molecule has 3 heterocycles. The van der Waals surface area contributed by atoms with Crippen LogP contribution in [-0.4, -0.2) is 45.4 Å². The molecule has 6 nitrogen and oxygen atoms in total. The van der Waals surface area contributed by atoms with Crippen molar-refractivity contribution >= 4 is 39.9 Å². The molecule has 1 aromatic carbocycles. The SMILES string of the molecule is CC(C)OCCCn1c(SCC(=O)N2CCCC2c2cccs2)nc2ccccc2c1=O. The van der Waals surface area contributed by atoms with Gasteiger partial charge in [-0.15, -0.1) is 11.3 Å². The molecule has 0 radical (unpaired) electrons. The summed E-state index contributed by atoms with van der Waals surface area (Å²) in [4.78, 5) is 34.2. The Morgan fingerprint density at radius 1 is 1.28 bits per heavy atom. The average molecular weight is 472 g/mol. The zero-order chi connectivity index (χ0) is 22.5. The van der Waals surface area contributed by atoms with E-state index in [2.05, 4.69) is 11.4 Å². The summed E-state index contributed by atoms with van der Waals surface area (Å²) in [6, 6.07) is 11.7. The van der Waals surface area contributed by atoms with Crippen LogP contribution in [0.15, 0.2) is 51.7 Å². The first kappa shape index (κ1) is 23.0. The number of carbonyl (C=O) groups excluding carboxylic acids is 1. The Kier molecular flexibility index (Phi) is 7.65. The van der Waals surface area contributed by atoms with Crippen molar-refractivity contribution in [2.75, 3.05) is 18.9 Å². The molecule has 2 aromatic heterocycles. The van der Waals surface area contributed by atoms with Crippen molar-refractivity contribution in [3.63, 3.8) is 0 Å². The van der Waals surface area contributed by atoms with Crippen molar-refractivity contribution in [1.82, 2.24) is 14.5 Å². The van der Waals surface area contributed by atoms with E-state index >= 15 is 0 Å². The van der Waals surface area contributed by atoms with Crippen LogP contribution in [0.4, 0.5) is 0 Å². The Morgan fingerprint density at radius 3 is 2.91 bits per heavy atom. The molecule has 0 saturated carbocycles. The molecular weight excluding hydrogens is 442 g/mol. The number of hydrogen-bond donors (Lipinski definition) is 0. The molecule has 32 heavy (non-hydrogen) atoms. The quantitative estimate of drug-likeness (QED) is 0.256. The third-order valence-corrected chi connectivity index (χ3v) is 7.51. The van der Waals surface area contributed by atoms with Crippen LogP contribution in [0.5, 0.6) is 0 Å². The predicted molar refractivity (Wildman–Crippen MR) is 130 cm³/mol. The summed E-state index contributed by atoms with van der Waals surface area (Å²) in [5.74, 6) is 0.373. The van der Waals surface area contributed by atoms with Crippen molar-refractivity contribution in [1.29, 1.82) is 0 Å². The lowest BCUT2D eigenvalue weighted by Crippen LogP contribution is -2.32. The second-order valence-electron chi connectivity index (χ2n) is 8.19. The summed E-state index contributed by atoms with van der Waals surface area (Å²) in [6.07, 6.45) is 2.90. The number of para-hydroxylation sites is 1. The molecule has 4 rings (SSSR count). The van der Waals surface area contributed by atoms with Crippen LogP contribution in [0.3, 0.4) is 0 Å². The third-order valence-electron chi connectivity index (χ3n) is 5.57. The van der Waals surface area contributed by atoms with Crippen LogP contribution in [-0.2, 0) is 16.1 Å². The second-order valence-corrected chi connectivity index (χ2v) is 10.1. The van der Waals surface area contributed by atoms with Gasteiger partial charge in [0.05, 0.1) is 28.8 Å². The molecule has 1 amide bonds. The molecule has 8 heteroatoms. The van der Waals surface area contributed by atoms with E-state index in [0.717, 1.165) is 19.4 Å². The van der Waals surface area contributed by atoms with Crippen molar-refractivity contribution in [2.24, 2.45) is 0 Å². The van der Waals surface area contributed by atoms with E-state index in [4.69, 9.17) is 9.72 Å². The van der Waals surface area contributed by atoms with Gasteiger partial charge in [-0.1, -0.05) is 30.0 Å². The lowest BCUT2D eigenvalue weighted by molar-refractivity contribution is -0.129. The monoisotopic (exact) mass is 471 g/mol. The molecule has 3 aromatic rings. The standard InChI is InChI=1S/C24H29N3O3S2/c1-17(2)30-14-7-13-27-23(29)18-8-3-4-9-19(18)25-24(27)32-16-22(28)26-12-5-10-20(26)21-11-6-15-31-21/h3-4,6,8-9,11,15,17,20H,5,7,10,12-14,16H2,1-2H3. The molecule has 0 N–H and O–H groups in total. The second kappa shape index (κ2) is 10.6. The maximum Gasteiger partial charge on any atom is 0.262 e. The van der Waals surface area contributed by atoms with E-state index in [1.165, 1.54) is 16.6 Å². The molecule has 0 spiro atoms. The first-order valence-corrected chi connectivity index (χ1v) is 13.0. The van der Waals surface area contributed by atoms with E-state index in [-0.39, 0.29) is 29.4 Å². The van der Waals surface area contributed by atoms with Gasteiger partial charge in [-0.25, -0.2) is 4.98 Å². The molecule has 0 aliphatic carbocycles. The van der Waals surface area contributed by atoms with Gasteiger partial charge in [-0.3, -0.25) is 14.2 Å². The number of benzene rings is 1. The highest BCUT2D eigenvalue weighted by atomic mass is 32.2. The van der Waals surface area contributed by atoms with Crippen LogP contribution < -0.4 is 5.56 Å². The number of thiophene rings is 1. The fourth-order valence-corrected chi connectivity index (χ4v) is 5.83. The number of likely N-dealkylation sites (tertiary alicyclic amines) is 1. The number of carbonyl (C=O) groups is 1. The summed E-state index contributed by atoms with van der Waals surface area (Å²) in [5.41, 5.74) is 0.604. The van der Waals surface area contributed by atoms with Crippen LogP contribution >= 0.6 is 23.1 Å². The molecule has 1 aliphatic heterocycles. The van der Waals surface area contributed by atoms with Crippen molar-refractivity contribution in [3.05, 3.63) is 57.0 Å². The Balaban J connectivity index is 1.51. The summed E-state index contributed by atoms with van der Waals surface area (Å²) in [6.45, 7) is 5.88. The fourth-order valence-electron chi connectivity index (χ4n) is 4.05. The van der Waals surface area contributed by atoms with E-state index in [1.807, 2.05) is 43.0 Å². The number of aromatic nitrogens is 2. The lowest BCUT2D eigenvalue weighted by atomic mass is 10.2. The van der Waals surface area contributed by atoms with Gasteiger partial charge in [0.15, 0.2) is 5.16 Å². The summed E-state index contributed by atoms with van der Waals surface area (Å²) in [5, 5.41) is 3.26. The minimum Gasteiger partial charge on any atom is -0.379 e. The van der Waals surface area contributed by atoms with E-state index < -0.39 is 0 Å². The number of nitrogens with zero attached hydrogens (tertiary/aromatic N) is 3. The molecule has 1 saturated heterocycles. The average Bonchev–Trinajstić information content (AvgIpc) is 3.48. The minimum atomic E-state index is -0.0623. The molecule has 0 bridgehead atoms. The van der Waals surface area contributed by atoms with Gasteiger partial charge in [0.2, 0.25) is 5.91 Å². The third kappa shape index (κ3) is 5.24. The minimum absolute atomic E-state index is 0.0623. The number of rotatable bonds is 9. The van der Waals surface area contributed by atoms with Gasteiger partial charge >= 0.3 is 0 Å². The first-order valence-electron chi connectivity index (χ1n) is 11.1. The number of fused-ring (bicyclic) bond motifs is 1. The Labute approximate surface area is 196 Å². The molecule has 1 fully saturated rings. The van der Waals surface area contributed by atoms with Crippen molar-refractivity contribution in [2.45, 2.75) is 57.0 Å². The first-order chi connectivity index (χ1) is 15.5. The lowest BCUT2D eigenvalue weighted by Gasteiger charge is -2.24. The summed E-state index contributed by atoms with van der Waals surface area (Å²) in [7, 11) is 0. The number of ether oxygens (including phenoxy) is 1. The van der Waals surface area contributed by atoms with Gasteiger partial charge in [-0.05, 0) is 56.7 Å². The predicted octanol–water partition coefficient (Wildman–Crippen LogP) is 4.73. The Morgan fingerprint density at radius 2 is 2.12 bits per heavy atom. The molecule has 1 atom stereocenters. The maximum absolute atomic E-state index is 13.2. The van der Waals surface area contributed by atoms with Gasteiger partial charge in [-0.2, -0.15) is 0 Å². The zero-order valence-electron chi connectivity index (χ0n) is 18.5. The highest BCUT2D eigenvalue weighted by Gasteiger charge is 2.30. The van der Waals surface area contributed by atoms with Gasteiger partial charge < -0.3 is 9.64 Å². The number of amides is 1. The van der Waals surface area contributed by atoms with E-state index in [1.54, 1.807) is 22.0 Å². The Hall–Kier alpha value is -2.16. The highest BCUT2D eigenvalue weighted by molar-refractivity contribution is 7.99. The highest BCUT2D eigenvalue weighted by Crippen LogP contribution is 2.35. The normalized spacial score (nSPS) is 16.3. The number of hydrogen-bond acceptors (Lipinski definition) is 6. The molecular formula is C24H29N3O3S2. The number of thioether (sulfide) groups is 1. The summed E-state index contributed by atoms with van der Waals surface area (Å²) >= 11 is 3.06. The van der Waals surface area contributed by atoms with Crippen LogP contribution in [0.1, 0.15) is 44.0 Å². The fraction of sp³-hybridized carbons (Fsp3) is 0.458. The van der Waals surface area contributed by atoms with Crippen molar-refractivity contribution < 1.29 is 9.53 Å². The topological polar surface area (TPSA) is 64.4 Å². The summed E-state index contributed by atoms with van der Waals surface area (Å²) < 4.78 is 7.34. The van der Waals surface area contributed by atoms with E-state index in [0.29, 0.717) is 35.6 Å². The van der Waals surface area contributed by atoms with Crippen LogP contribution in [0.2, 0.25) is 0 Å². The van der Waals surface area contributed by atoms with Crippen molar-refractivity contribution in [3.8, 4) is 0 Å². The molecule has 1 unspecified atom stereocenters. The molecule has 170 valence electrons. The van der Waals surface area contributed by atoms with Crippen LogP contribution in [0, 0.1) is 0 Å². The van der Waals surface area contributed by atoms with Crippen LogP contribution in [0.25, 0.3) is 10.9 Å². The maximum atomic E-state index is 13.2. The smallest absolute Gasteiger partial charge is 0.262 e. The van der Waals surface area contributed by atoms with Gasteiger partial charge in [0.25, 0.3) is 5.56 Å². The largest absolute Gasteiger partial charge is 0.379 e.